The number of hydrogen-bond donors (Lipinski definition) is 0. The summed E-state index contributed by atoms with van der Waals surface area (Å²) in [6.07, 6.45) is 3.08. The normalized spacial score (nSPS) is 29.0. The maximum Gasteiger partial charge on any atom is 0.461 e. The number of pyridine rings is 1. The lowest BCUT2D eigenvalue weighted by Gasteiger charge is -2.32. The molecule has 4 rings (SSSR count). The summed E-state index contributed by atoms with van der Waals surface area (Å²) in [7, 11) is -0.108. The number of benzene rings is 1. The van der Waals surface area contributed by atoms with Crippen LogP contribution in [0.4, 0.5) is 0 Å². The van der Waals surface area contributed by atoms with Gasteiger partial charge in [-0.15, -0.1) is 0 Å². The Morgan fingerprint density at radius 1 is 1.05 bits per heavy atom. The fraction of sp³-hybridized carbons (Fsp3) is 0.500. The molecular formula is C18H22BNO2. The molecule has 1 aliphatic heterocycles. The van der Waals surface area contributed by atoms with Crippen LogP contribution in [0.3, 0.4) is 0 Å². The monoisotopic (exact) mass is 295 g/mol. The largest absolute Gasteiger partial charge is 0.461 e. The molecule has 1 saturated carbocycles. The van der Waals surface area contributed by atoms with Crippen molar-refractivity contribution >= 4 is 17.9 Å². The molecule has 3 nitrogen and oxygen atoms in total. The van der Waals surface area contributed by atoms with Gasteiger partial charge < -0.3 is 9.31 Å². The Morgan fingerprint density at radius 3 is 2.36 bits per heavy atom. The van der Waals surface area contributed by atoms with Crippen molar-refractivity contribution in [2.75, 3.05) is 0 Å². The van der Waals surface area contributed by atoms with Gasteiger partial charge in [0, 0.05) is 29.0 Å². The predicted molar refractivity (Wildman–Crippen MR) is 88.9 cm³/mol. The van der Waals surface area contributed by atoms with Crippen LogP contribution in [-0.4, -0.2) is 23.3 Å². The van der Waals surface area contributed by atoms with Crippen LogP contribution in [0.5, 0.6) is 0 Å². The lowest BCUT2D eigenvalue weighted by molar-refractivity contribution is 0.00578. The molecule has 2 aromatic rings. The zero-order chi connectivity index (χ0) is 15.5. The highest BCUT2D eigenvalue weighted by Gasteiger charge is 2.60. The van der Waals surface area contributed by atoms with Crippen LogP contribution in [0.25, 0.3) is 10.8 Å². The van der Waals surface area contributed by atoms with Gasteiger partial charge in [-0.1, -0.05) is 24.3 Å². The molecule has 4 heteroatoms. The van der Waals surface area contributed by atoms with Gasteiger partial charge in [-0.2, -0.15) is 0 Å². The first kappa shape index (κ1) is 14.2. The van der Waals surface area contributed by atoms with E-state index in [0.717, 1.165) is 6.42 Å². The minimum absolute atomic E-state index is 0.108. The molecule has 0 amide bonds. The number of aromatic nitrogens is 1. The lowest BCUT2D eigenvalue weighted by Crippen LogP contribution is -2.41. The topological polar surface area (TPSA) is 31.4 Å². The van der Waals surface area contributed by atoms with E-state index in [1.54, 1.807) is 0 Å². The molecule has 0 unspecified atom stereocenters. The summed E-state index contributed by atoms with van der Waals surface area (Å²) in [5.41, 5.74) is 0.668. The summed E-state index contributed by atoms with van der Waals surface area (Å²) in [4.78, 5) is 4.65. The number of hydrogen-bond acceptors (Lipinski definition) is 3. The van der Waals surface area contributed by atoms with Gasteiger partial charge in [0.1, 0.15) is 0 Å². The molecule has 1 saturated heterocycles. The average molecular weight is 295 g/mol. The van der Waals surface area contributed by atoms with Gasteiger partial charge in [0.2, 0.25) is 0 Å². The molecule has 22 heavy (non-hydrogen) atoms. The highest BCUT2D eigenvalue weighted by molar-refractivity contribution is 6.49. The van der Waals surface area contributed by atoms with E-state index in [4.69, 9.17) is 9.31 Å². The molecule has 1 aliphatic carbocycles. The Hall–Kier alpha value is -1.39. The Morgan fingerprint density at radius 2 is 1.68 bits per heavy atom. The maximum atomic E-state index is 6.18. The van der Waals surface area contributed by atoms with Gasteiger partial charge in [-0.05, 0) is 45.6 Å². The van der Waals surface area contributed by atoms with E-state index >= 15 is 0 Å². The molecule has 2 atom stereocenters. The van der Waals surface area contributed by atoms with E-state index in [-0.39, 0.29) is 18.3 Å². The van der Waals surface area contributed by atoms with Gasteiger partial charge in [0.05, 0.1) is 11.2 Å². The average Bonchev–Trinajstić information content (AvgIpc) is 3.22. The summed E-state index contributed by atoms with van der Waals surface area (Å²) < 4.78 is 12.4. The number of fused-ring (bicyclic) bond motifs is 1. The molecule has 1 aromatic carbocycles. The van der Waals surface area contributed by atoms with Gasteiger partial charge >= 0.3 is 7.12 Å². The van der Waals surface area contributed by atoms with E-state index in [2.05, 4.69) is 56.9 Å². The van der Waals surface area contributed by atoms with E-state index in [9.17, 15) is 0 Å². The third kappa shape index (κ3) is 2.17. The van der Waals surface area contributed by atoms with Crippen LogP contribution in [-0.2, 0) is 9.31 Å². The van der Waals surface area contributed by atoms with Crippen molar-refractivity contribution in [3.8, 4) is 0 Å². The molecular weight excluding hydrogens is 273 g/mol. The zero-order valence-corrected chi connectivity index (χ0v) is 13.7. The minimum Gasteiger partial charge on any atom is -0.403 e. The Kier molecular flexibility index (Phi) is 2.95. The second kappa shape index (κ2) is 4.56. The first-order valence-corrected chi connectivity index (χ1v) is 8.08. The zero-order valence-electron chi connectivity index (χ0n) is 13.7. The van der Waals surface area contributed by atoms with Crippen molar-refractivity contribution in [3.63, 3.8) is 0 Å². The van der Waals surface area contributed by atoms with Crippen LogP contribution in [0.2, 0.25) is 5.82 Å². The lowest BCUT2D eigenvalue weighted by atomic mass is 9.80. The fourth-order valence-electron chi connectivity index (χ4n) is 3.22. The molecule has 0 bridgehead atoms. The third-order valence-electron chi connectivity index (χ3n) is 5.49. The van der Waals surface area contributed by atoms with Crippen molar-refractivity contribution < 1.29 is 9.31 Å². The van der Waals surface area contributed by atoms with E-state index in [1.807, 2.05) is 12.3 Å². The Bertz CT molecular complexity index is 712. The second-order valence-electron chi connectivity index (χ2n) is 7.59. The number of nitrogens with zero attached hydrogens (tertiary/aromatic N) is 1. The van der Waals surface area contributed by atoms with Crippen molar-refractivity contribution in [1.82, 2.24) is 4.98 Å². The Balaban J connectivity index is 1.54. The summed E-state index contributed by atoms with van der Waals surface area (Å²) in [6.45, 7) is 8.44. The quantitative estimate of drug-likeness (QED) is 0.779. The van der Waals surface area contributed by atoms with Crippen molar-refractivity contribution in [2.45, 2.75) is 57.1 Å². The molecule has 0 radical (unpaired) electrons. The molecule has 0 N–H and O–H groups in total. The first-order chi connectivity index (χ1) is 10.4. The SMILES string of the molecule is CC1(C)OB([C@H]2C[C@H]2c2cc3ccccc3cn2)OC1(C)C. The van der Waals surface area contributed by atoms with Gasteiger partial charge in [0.25, 0.3) is 0 Å². The van der Waals surface area contributed by atoms with E-state index < -0.39 is 0 Å². The van der Waals surface area contributed by atoms with Crippen molar-refractivity contribution in [3.05, 3.63) is 42.2 Å². The van der Waals surface area contributed by atoms with Crippen LogP contribution in [0, 0.1) is 0 Å². The van der Waals surface area contributed by atoms with E-state index in [1.165, 1.54) is 16.5 Å². The molecule has 1 aromatic heterocycles. The van der Waals surface area contributed by atoms with Crippen LogP contribution >= 0.6 is 0 Å². The Labute approximate surface area is 132 Å². The highest BCUT2D eigenvalue weighted by atomic mass is 16.7. The molecule has 2 heterocycles. The third-order valence-corrected chi connectivity index (χ3v) is 5.49. The number of rotatable bonds is 2. The fourth-order valence-corrected chi connectivity index (χ4v) is 3.22. The minimum atomic E-state index is -0.248. The summed E-state index contributed by atoms with van der Waals surface area (Å²) in [5.74, 6) is 0.883. The first-order valence-electron chi connectivity index (χ1n) is 8.08. The molecule has 0 spiro atoms. The highest BCUT2D eigenvalue weighted by Crippen LogP contribution is 2.58. The van der Waals surface area contributed by atoms with Crippen molar-refractivity contribution in [2.24, 2.45) is 0 Å². The smallest absolute Gasteiger partial charge is 0.403 e. The van der Waals surface area contributed by atoms with Crippen LogP contribution in [0.15, 0.2) is 36.5 Å². The predicted octanol–water partition coefficient (Wildman–Crippen LogP) is 4.18. The van der Waals surface area contributed by atoms with Crippen LogP contribution < -0.4 is 0 Å². The van der Waals surface area contributed by atoms with Gasteiger partial charge in [-0.3, -0.25) is 4.98 Å². The maximum absolute atomic E-state index is 6.18. The van der Waals surface area contributed by atoms with Crippen molar-refractivity contribution in [1.29, 1.82) is 0 Å². The van der Waals surface area contributed by atoms with Crippen LogP contribution in [0.1, 0.15) is 45.7 Å². The second-order valence-corrected chi connectivity index (χ2v) is 7.59. The summed E-state index contributed by atoms with van der Waals surface area (Å²) in [5, 5.41) is 2.45. The molecule has 114 valence electrons. The van der Waals surface area contributed by atoms with Gasteiger partial charge in [-0.25, -0.2) is 0 Å². The van der Waals surface area contributed by atoms with Gasteiger partial charge in [0.15, 0.2) is 0 Å². The summed E-state index contributed by atoms with van der Waals surface area (Å²) >= 11 is 0. The van der Waals surface area contributed by atoms with E-state index in [0.29, 0.717) is 11.7 Å². The molecule has 2 aliphatic rings. The standard InChI is InChI=1S/C18H22BNO2/c1-17(2)18(3,4)22-19(21-17)15-10-14(15)16-9-12-7-5-6-8-13(12)11-20-16/h5-9,11,14-15H,10H2,1-4H3/t14-,15+/m1/s1. The summed E-state index contributed by atoms with van der Waals surface area (Å²) in [6, 6.07) is 10.6. The molecule has 2 fully saturated rings.